The molecule has 18 heavy (non-hydrogen) atoms. The fraction of sp³-hybridized carbons (Fsp3) is 0.250. The van der Waals surface area contributed by atoms with Gasteiger partial charge < -0.3 is 0 Å². The van der Waals surface area contributed by atoms with Crippen LogP contribution in [0, 0.1) is 5.82 Å². The third kappa shape index (κ3) is 3.31. The number of halogens is 3. The fourth-order valence-corrected chi connectivity index (χ4v) is 2.22. The van der Waals surface area contributed by atoms with Gasteiger partial charge in [0, 0.05) is 23.3 Å². The van der Waals surface area contributed by atoms with Gasteiger partial charge >= 0.3 is 0 Å². The van der Waals surface area contributed by atoms with Gasteiger partial charge in [-0.3, -0.25) is 9.58 Å². The number of rotatable bonds is 4. The van der Waals surface area contributed by atoms with Crippen molar-refractivity contribution in [2.24, 2.45) is 0 Å². The van der Waals surface area contributed by atoms with Gasteiger partial charge in [0.25, 0.3) is 0 Å². The Labute approximate surface area is 118 Å². The minimum absolute atomic E-state index is 0.281. The van der Waals surface area contributed by atoms with Crippen LogP contribution in [-0.2, 0) is 13.2 Å². The van der Waals surface area contributed by atoms with Crippen LogP contribution in [0.15, 0.2) is 35.1 Å². The fourth-order valence-electron chi connectivity index (χ4n) is 1.67. The Hall–Kier alpha value is -0.910. The molecule has 0 aliphatic rings. The molecule has 1 aromatic carbocycles. The first-order valence-electron chi connectivity index (χ1n) is 5.35. The molecule has 0 atom stereocenters. The lowest BCUT2D eigenvalue weighted by Gasteiger charge is -2.17. The summed E-state index contributed by atoms with van der Waals surface area (Å²) in [6.45, 7) is 0.999. The molecule has 0 amide bonds. The van der Waals surface area contributed by atoms with Gasteiger partial charge in [-0.05, 0) is 35.1 Å². The highest BCUT2D eigenvalue weighted by atomic mass is 79.9. The van der Waals surface area contributed by atoms with Crippen molar-refractivity contribution in [3.63, 3.8) is 0 Å². The molecular formula is C12H12BrClFN3. The first kappa shape index (κ1) is 13.5. The average molecular weight is 333 g/mol. The number of aromatic nitrogens is 2. The number of hydrogen-bond donors (Lipinski definition) is 0. The third-order valence-corrected chi connectivity index (χ3v) is 3.24. The molecule has 0 radical (unpaired) electrons. The Morgan fingerprint density at radius 1 is 1.50 bits per heavy atom. The van der Waals surface area contributed by atoms with Crippen molar-refractivity contribution in [1.82, 2.24) is 14.7 Å². The molecule has 0 saturated carbocycles. The smallest absolute Gasteiger partial charge is 0.129 e. The predicted molar refractivity (Wildman–Crippen MR) is 72.8 cm³/mol. The highest BCUT2D eigenvalue weighted by molar-refractivity contribution is 9.10. The summed E-state index contributed by atoms with van der Waals surface area (Å²) in [6, 6.07) is 4.71. The molecule has 0 spiro atoms. The van der Waals surface area contributed by atoms with Crippen molar-refractivity contribution in [2.45, 2.75) is 13.2 Å². The van der Waals surface area contributed by atoms with Crippen molar-refractivity contribution < 1.29 is 4.39 Å². The van der Waals surface area contributed by atoms with Crippen molar-refractivity contribution in [3.8, 4) is 0 Å². The zero-order valence-corrected chi connectivity index (χ0v) is 12.1. The molecule has 2 rings (SSSR count). The van der Waals surface area contributed by atoms with Crippen LogP contribution >= 0.6 is 27.5 Å². The lowest BCUT2D eigenvalue weighted by Crippen LogP contribution is -2.22. The molecule has 6 heteroatoms. The second-order valence-electron chi connectivity index (χ2n) is 4.05. The first-order valence-corrected chi connectivity index (χ1v) is 6.53. The van der Waals surface area contributed by atoms with Crippen molar-refractivity contribution >= 4 is 27.5 Å². The minimum atomic E-state index is -0.281. The van der Waals surface area contributed by atoms with E-state index in [1.165, 1.54) is 6.07 Å². The Kier molecular flexibility index (Phi) is 4.37. The minimum Gasteiger partial charge on any atom is -0.283 e. The zero-order valence-electron chi connectivity index (χ0n) is 9.78. The van der Waals surface area contributed by atoms with E-state index in [-0.39, 0.29) is 5.82 Å². The molecule has 0 bridgehead atoms. The second kappa shape index (κ2) is 5.82. The molecule has 0 N–H and O–H groups in total. The van der Waals surface area contributed by atoms with E-state index in [9.17, 15) is 4.39 Å². The summed E-state index contributed by atoms with van der Waals surface area (Å²) >= 11 is 9.31. The van der Waals surface area contributed by atoms with Gasteiger partial charge in [-0.1, -0.05) is 17.7 Å². The van der Waals surface area contributed by atoms with Crippen molar-refractivity contribution in [2.75, 3.05) is 7.05 Å². The SMILES string of the molecule is CN(Cc1c(F)cccc1Cl)Cn1cc(Br)cn1. The molecule has 1 heterocycles. The molecule has 3 nitrogen and oxygen atoms in total. The predicted octanol–water partition coefficient (Wildman–Crippen LogP) is 3.53. The second-order valence-corrected chi connectivity index (χ2v) is 5.38. The van der Waals surface area contributed by atoms with E-state index in [4.69, 9.17) is 11.6 Å². The molecule has 0 aliphatic carbocycles. The Balaban J connectivity index is 2.05. The maximum absolute atomic E-state index is 13.6. The van der Waals surface area contributed by atoms with Gasteiger partial charge in [0.15, 0.2) is 0 Å². The van der Waals surface area contributed by atoms with Crippen LogP contribution in [0.1, 0.15) is 5.56 Å². The van der Waals surface area contributed by atoms with E-state index in [0.717, 1.165) is 4.47 Å². The monoisotopic (exact) mass is 331 g/mol. The highest BCUT2D eigenvalue weighted by Crippen LogP contribution is 2.20. The van der Waals surface area contributed by atoms with E-state index in [1.54, 1.807) is 23.0 Å². The summed E-state index contributed by atoms with van der Waals surface area (Å²) in [6.07, 6.45) is 3.57. The topological polar surface area (TPSA) is 21.1 Å². The summed E-state index contributed by atoms with van der Waals surface area (Å²) < 4.78 is 16.3. The average Bonchev–Trinajstić information content (AvgIpc) is 2.69. The van der Waals surface area contributed by atoms with Gasteiger partial charge in [0.1, 0.15) is 5.82 Å². The van der Waals surface area contributed by atoms with Crippen molar-refractivity contribution in [1.29, 1.82) is 0 Å². The number of nitrogens with zero attached hydrogens (tertiary/aromatic N) is 3. The van der Waals surface area contributed by atoms with Gasteiger partial charge in [0.05, 0.1) is 17.3 Å². The summed E-state index contributed by atoms with van der Waals surface area (Å²) in [5, 5.41) is 4.59. The van der Waals surface area contributed by atoms with Crippen LogP contribution in [0.25, 0.3) is 0 Å². The Morgan fingerprint density at radius 3 is 2.89 bits per heavy atom. The molecule has 0 aliphatic heterocycles. The van der Waals surface area contributed by atoms with Crippen molar-refractivity contribution in [3.05, 3.63) is 51.5 Å². The summed E-state index contributed by atoms with van der Waals surface area (Å²) in [7, 11) is 1.89. The number of benzene rings is 1. The van der Waals surface area contributed by atoms with Crippen LogP contribution in [0.3, 0.4) is 0 Å². The molecular weight excluding hydrogens is 321 g/mol. The van der Waals surface area contributed by atoms with Gasteiger partial charge in [-0.15, -0.1) is 0 Å². The van der Waals surface area contributed by atoms with E-state index >= 15 is 0 Å². The molecule has 1 aromatic heterocycles. The summed E-state index contributed by atoms with van der Waals surface area (Å²) in [5.41, 5.74) is 0.507. The Morgan fingerprint density at radius 2 is 2.28 bits per heavy atom. The van der Waals surface area contributed by atoms with Crippen LogP contribution in [0.2, 0.25) is 5.02 Å². The summed E-state index contributed by atoms with van der Waals surface area (Å²) in [5.74, 6) is -0.281. The zero-order chi connectivity index (χ0) is 13.1. The lowest BCUT2D eigenvalue weighted by atomic mass is 10.2. The third-order valence-electron chi connectivity index (χ3n) is 2.48. The van der Waals surface area contributed by atoms with Crippen LogP contribution < -0.4 is 0 Å². The van der Waals surface area contributed by atoms with E-state index in [0.29, 0.717) is 23.8 Å². The molecule has 0 unspecified atom stereocenters. The maximum atomic E-state index is 13.6. The van der Waals surface area contributed by atoms with Gasteiger partial charge in [0.2, 0.25) is 0 Å². The Bertz CT molecular complexity index is 524. The maximum Gasteiger partial charge on any atom is 0.129 e. The van der Waals surface area contributed by atoms with Crippen LogP contribution in [0.4, 0.5) is 4.39 Å². The standard InChI is InChI=1S/C12H12BrClFN3/c1-17(8-18-6-9(13)5-16-18)7-10-11(14)3-2-4-12(10)15/h2-6H,7-8H2,1H3. The van der Waals surface area contributed by atoms with E-state index in [2.05, 4.69) is 21.0 Å². The molecule has 0 saturated heterocycles. The van der Waals surface area contributed by atoms with Gasteiger partial charge in [-0.2, -0.15) is 5.10 Å². The lowest BCUT2D eigenvalue weighted by molar-refractivity contribution is 0.243. The van der Waals surface area contributed by atoms with Gasteiger partial charge in [-0.25, -0.2) is 4.39 Å². The molecule has 0 fully saturated rings. The highest BCUT2D eigenvalue weighted by Gasteiger charge is 2.10. The van der Waals surface area contributed by atoms with E-state index < -0.39 is 0 Å². The quantitative estimate of drug-likeness (QED) is 0.854. The van der Waals surface area contributed by atoms with E-state index in [1.807, 2.05) is 18.1 Å². The van der Waals surface area contributed by atoms with Crippen LogP contribution in [-0.4, -0.2) is 21.7 Å². The molecule has 96 valence electrons. The largest absolute Gasteiger partial charge is 0.283 e. The first-order chi connectivity index (χ1) is 8.56. The van der Waals surface area contributed by atoms with Crippen LogP contribution in [0.5, 0.6) is 0 Å². The summed E-state index contributed by atoms with van der Waals surface area (Å²) in [4.78, 5) is 1.93. The number of hydrogen-bond acceptors (Lipinski definition) is 2. The normalized spacial score (nSPS) is 11.2. The molecule has 2 aromatic rings.